The molecule has 0 fully saturated rings. The third kappa shape index (κ3) is 5.82. The minimum atomic E-state index is -0.176. The summed E-state index contributed by atoms with van der Waals surface area (Å²) in [6.45, 7) is 2.05. The molecule has 1 aliphatic heterocycles. The van der Waals surface area contributed by atoms with E-state index in [1.165, 1.54) is 16.2 Å². The van der Waals surface area contributed by atoms with Crippen LogP contribution in [0.15, 0.2) is 59.3 Å². The third-order valence-electron chi connectivity index (χ3n) is 5.69. The standard InChI is InChI=1S/C25H28N2O4S2/c1-30-14-6-12-26(25(29)23-9-5-15-32-23)17-24(28)27-13-10-22-20(11-16-33-22)21(27)18-31-19-7-3-2-4-8-19/h2-5,7-9,11,15-16,21H,6,10,12-14,17-18H2,1H3. The number of hydrogen-bond acceptors (Lipinski definition) is 6. The van der Waals surface area contributed by atoms with Gasteiger partial charge in [-0.3, -0.25) is 9.59 Å². The number of fused-ring (bicyclic) bond motifs is 1. The van der Waals surface area contributed by atoms with Crippen molar-refractivity contribution in [2.45, 2.75) is 18.9 Å². The van der Waals surface area contributed by atoms with E-state index in [4.69, 9.17) is 9.47 Å². The molecule has 4 rings (SSSR count). The summed E-state index contributed by atoms with van der Waals surface area (Å²) in [6.07, 6.45) is 1.50. The van der Waals surface area contributed by atoms with E-state index < -0.39 is 0 Å². The minimum absolute atomic E-state index is 0.0434. The Labute approximate surface area is 202 Å². The van der Waals surface area contributed by atoms with Gasteiger partial charge in [0.1, 0.15) is 18.9 Å². The molecular weight excluding hydrogens is 456 g/mol. The van der Waals surface area contributed by atoms with Crippen molar-refractivity contribution in [1.29, 1.82) is 0 Å². The largest absolute Gasteiger partial charge is 0.491 e. The maximum atomic E-state index is 13.5. The minimum Gasteiger partial charge on any atom is -0.491 e. The van der Waals surface area contributed by atoms with Gasteiger partial charge in [0.25, 0.3) is 5.91 Å². The SMILES string of the molecule is COCCCN(CC(=O)N1CCc2sccc2C1COc1ccccc1)C(=O)c1cccs1. The van der Waals surface area contributed by atoms with Crippen molar-refractivity contribution in [3.63, 3.8) is 0 Å². The maximum absolute atomic E-state index is 13.5. The van der Waals surface area contributed by atoms with Crippen LogP contribution in [0, 0.1) is 0 Å². The number of para-hydroxylation sites is 1. The first-order valence-corrected chi connectivity index (χ1v) is 12.8. The Morgan fingerprint density at radius 3 is 2.70 bits per heavy atom. The Bertz CT molecular complexity index is 1040. The zero-order chi connectivity index (χ0) is 23.0. The van der Waals surface area contributed by atoms with Crippen molar-refractivity contribution >= 4 is 34.5 Å². The van der Waals surface area contributed by atoms with Crippen LogP contribution in [0.5, 0.6) is 5.75 Å². The average Bonchev–Trinajstić information content (AvgIpc) is 3.54. The number of benzene rings is 1. The highest BCUT2D eigenvalue weighted by Gasteiger charge is 2.33. The average molecular weight is 485 g/mol. The fraction of sp³-hybridized carbons (Fsp3) is 0.360. The quantitative estimate of drug-likeness (QED) is 0.398. The molecule has 174 valence electrons. The lowest BCUT2D eigenvalue weighted by Gasteiger charge is -2.37. The Morgan fingerprint density at radius 1 is 1.09 bits per heavy atom. The topological polar surface area (TPSA) is 59.1 Å². The highest BCUT2D eigenvalue weighted by Crippen LogP contribution is 2.34. The molecule has 2 amide bonds. The van der Waals surface area contributed by atoms with Crippen molar-refractivity contribution in [3.8, 4) is 5.75 Å². The molecule has 1 aromatic carbocycles. The summed E-state index contributed by atoms with van der Waals surface area (Å²) in [5.41, 5.74) is 1.14. The van der Waals surface area contributed by atoms with Crippen LogP contribution in [0.25, 0.3) is 0 Å². The molecule has 1 aliphatic rings. The van der Waals surface area contributed by atoms with Crippen LogP contribution in [0.3, 0.4) is 0 Å². The molecule has 0 saturated heterocycles. The molecule has 0 aliphatic carbocycles. The van der Waals surface area contributed by atoms with E-state index in [1.54, 1.807) is 29.4 Å². The van der Waals surface area contributed by atoms with Crippen LogP contribution in [-0.2, 0) is 16.0 Å². The first-order valence-electron chi connectivity index (χ1n) is 11.0. The van der Waals surface area contributed by atoms with Crippen LogP contribution in [-0.4, -0.2) is 61.6 Å². The number of hydrogen-bond donors (Lipinski definition) is 0. The molecule has 6 nitrogen and oxygen atoms in total. The Balaban J connectivity index is 1.50. The Morgan fingerprint density at radius 2 is 1.94 bits per heavy atom. The van der Waals surface area contributed by atoms with Crippen molar-refractivity contribution in [2.24, 2.45) is 0 Å². The lowest BCUT2D eigenvalue weighted by atomic mass is 10.0. The number of carbonyl (C=O) groups excluding carboxylic acids is 2. The Kier molecular flexibility index (Phi) is 8.15. The summed E-state index contributed by atoms with van der Waals surface area (Å²) >= 11 is 3.12. The lowest BCUT2D eigenvalue weighted by molar-refractivity contribution is -0.135. The monoisotopic (exact) mass is 484 g/mol. The molecule has 0 saturated carbocycles. The first kappa shape index (κ1) is 23.5. The second-order valence-corrected chi connectivity index (χ2v) is 9.77. The van der Waals surface area contributed by atoms with E-state index in [-0.39, 0.29) is 24.4 Å². The van der Waals surface area contributed by atoms with Gasteiger partial charge in [-0.1, -0.05) is 24.3 Å². The number of ether oxygens (including phenoxy) is 2. The van der Waals surface area contributed by atoms with Crippen molar-refractivity contribution in [3.05, 3.63) is 74.6 Å². The number of thiophene rings is 2. The molecule has 2 aromatic heterocycles. The smallest absolute Gasteiger partial charge is 0.264 e. The van der Waals surface area contributed by atoms with E-state index >= 15 is 0 Å². The van der Waals surface area contributed by atoms with Crippen molar-refractivity contribution in [2.75, 3.05) is 40.0 Å². The van der Waals surface area contributed by atoms with Gasteiger partial charge >= 0.3 is 0 Å². The zero-order valence-corrected chi connectivity index (χ0v) is 20.3. The van der Waals surface area contributed by atoms with Crippen LogP contribution in [0.1, 0.15) is 32.6 Å². The molecule has 33 heavy (non-hydrogen) atoms. The fourth-order valence-corrected chi connectivity index (χ4v) is 5.65. The van der Waals surface area contributed by atoms with Gasteiger partial charge in [0, 0.05) is 31.7 Å². The molecule has 0 N–H and O–H groups in total. The molecule has 0 spiro atoms. The number of rotatable bonds is 10. The first-order chi connectivity index (χ1) is 16.2. The predicted octanol–water partition coefficient (Wildman–Crippen LogP) is 4.49. The van der Waals surface area contributed by atoms with E-state index in [0.29, 0.717) is 37.6 Å². The number of carbonyl (C=O) groups is 2. The van der Waals surface area contributed by atoms with Crippen LogP contribution in [0.4, 0.5) is 0 Å². The molecule has 8 heteroatoms. The van der Waals surface area contributed by atoms with Crippen LogP contribution >= 0.6 is 22.7 Å². The highest BCUT2D eigenvalue weighted by atomic mass is 32.1. The van der Waals surface area contributed by atoms with Crippen LogP contribution in [0.2, 0.25) is 0 Å². The van der Waals surface area contributed by atoms with Gasteiger partial charge in [-0.05, 0) is 53.4 Å². The van der Waals surface area contributed by atoms with E-state index in [2.05, 4.69) is 11.4 Å². The van der Waals surface area contributed by atoms with Gasteiger partial charge < -0.3 is 19.3 Å². The summed E-state index contributed by atoms with van der Waals surface area (Å²) in [7, 11) is 1.64. The van der Waals surface area contributed by atoms with Crippen molar-refractivity contribution < 1.29 is 19.1 Å². The normalized spacial score (nSPS) is 15.2. The van der Waals surface area contributed by atoms with E-state index in [9.17, 15) is 9.59 Å². The Hall–Kier alpha value is -2.68. The molecule has 1 unspecified atom stereocenters. The van der Waals surface area contributed by atoms with Crippen molar-refractivity contribution in [1.82, 2.24) is 9.80 Å². The van der Waals surface area contributed by atoms with Gasteiger partial charge in [0.05, 0.1) is 10.9 Å². The predicted molar refractivity (Wildman–Crippen MR) is 131 cm³/mol. The molecular formula is C25H28N2O4S2. The second-order valence-electron chi connectivity index (χ2n) is 7.83. The van der Waals surface area contributed by atoms with Gasteiger partial charge in [0.2, 0.25) is 5.91 Å². The highest BCUT2D eigenvalue weighted by molar-refractivity contribution is 7.12. The molecule has 3 heterocycles. The van der Waals surface area contributed by atoms with Gasteiger partial charge in [-0.15, -0.1) is 22.7 Å². The second kappa shape index (κ2) is 11.4. The van der Waals surface area contributed by atoms with E-state index in [0.717, 1.165) is 17.7 Å². The molecule has 0 bridgehead atoms. The molecule has 3 aromatic rings. The molecule has 1 atom stereocenters. The summed E-state index contributed by atoms with van der Waals surface area (Å²) in [5, 5.41) is 3.95. The number of methoxy groups -OCH3 is 1. The zero-order valence-electron chi connectivity index (χ0n) is 18.6. The van der Waals surface area contributed by atoms with Gasteiger partial charge in [-0.25, -0.2) is 0 Å². The maximum Gasteiger partial charge on any atom is 0.264 e. The third-order valence-corrected chi connectivity index (χ3v) is 7.54. The van der Waals surface area contributed by atoms with E-state index in [1.807, 2.05) is 46.7 Å². The molecule has 0 radical (unpaired) electrons. The summed E-state index contributed by atoms with van der Waals surface area (Å²) in [5.74, 6) is 0.608. The fourth-order valence-electron chi connectivity index (χ4n) is 4.03. The summed E-state index contributed by atoms with van der Waals surface area (Å²) < 4.78 is 11.2. The number of nitrogens with zero attached hydrogens (tertiary/aromatic N) is 2. The summed E-state index contributed by atoms with van der Waals surface area (Å²) in [4.78, 5) is 32.1. The summed E-state index contributed by atoms with van der Waals surface area (Å²) in [6, 6.07) is 15.2. The number of amides is 2. The van der Waals surface area contributed by atoms with Crippen LogP contribution < -0.4 is 4.74 Å². The van der Waals surface area contributed by atoms with Gasteiger partial charge in [-0.2, -0.15) is 0 Å². The lowest BCUT2D eigenvalue weighted by Crippen LogP contribution is -2.48. The van der Waals surface area contributed by atoms with Gasteiger partial charge in [0.15, 0.2) is 0 Å².